The second-order valence-electron chi connectivity index (χ2n) is 6.64. The van der Waals surface area contributed by atoms with Crippen LogP contribution in [-0.2, 0) is 10.0 Å². The molecule has 20 heavy (non-hydrogen) atoms. The molecule has 0 spiro atoms. The fourth-order valence-electron chi connectivity index (χ4n) is 2.84. The minimum Gasteiger partial charge on any atom is -0.313 e. The van der Waals surface area contributed by atoms with Gasteiger partial charge < -0.3 is 10.2 Å². The zero-order valence-electron chi connectivity index (χ0n) is 13.0. The highest BCUT2D eigenvalue weighted by Gasteiger charge is 2.33. The molecular formula is C14H29N3O2S. The zero-order chi connectivity index (χ0) is 14.8. The van der Waals surface area contributed by atoms with Gasteiger partial charge in [0, 0.05) is 32.2 Å². The van der Waals surface area contributed by atoms with Gasteiger partial charge in [-0.15, -0.1) is 0 Å². The first-order chi connectivity index (χ1) is 9.39. The Labute approximate surface area is 123 Å². The van der Waals surface area contributed by atoms with Crippen LogP contribution in [0.3, 0.4) is 0 Å². The predicted molar refractivity (Wildman–Crippen MR) is 82.3 cm³/mol. The summed E-state index contributed by atoms with van der Waals surface area (Å²) in [7, 11) is 1.03. The van der Waals surface area contributed by atoms with E-state index in [1.54, 1.807) is 4.31 Å². The van der Waals surface area contributed by atoms with Crippen LogP contribution in [0.4, 0.5) is 0 Å². The van der Waals surface area contributed by atoms with Gasteiger partial charge in [0.1, 0.15) is 0 Å². The number of sulfonamides is 1. The summed E-state index contributed by atoms with van der Waals surface area (Å²) in [5.41, 5.74) is 0. The lowest BCUT2D eigenvalue weighted by atomic mass is 9.98. The van der Waals surface area contributed by atoms with Crippen molar-refractivity contribution in [2.24, 2.45) is 5.92 Å². The van der Waals surface area contributed by atoms with E-state index in [1.807, 2.05) is 6.92 Å². The molecule has 6 heteroatoms. The third-order valence-electron chi connectivity index (χ3n) is 4.34. The SMILES string of the molecule is CC(CNC1CC1)S(=O)(=O)N1CCC(CN(C)C)CC1. The molecule has 1 heterocycles. The van der Waals surface area contributed by atoms with Gasteiger partial charge in [0.25, 0.3) is 0 Å². The second kappa shape index (κ2) is 6.73. The molecule has 2 fully saturated rings. The van der Waals surface area contributed by atoms with Crippen molar-refractivity contribution in [2.75, 3.05) is 40.3 Å². The molecule has 2 aliphatic rings. The van der Waals surface area contributed by atoms with Crippen molar-refractivity contribution in [1.82, 2.24) is 14.5 Å². The molecule has 0 radical (unpaired) electrons. The lowest BCUT2D eigenvalue weighted by Crippen LogP contribution is -2.46. The monoisotopic (exact) mass is 303 g/mol. The molecule has 2 rings (SSSR count). The van der Waals surface area contributed by atoms with Crippen LogP contribution in [0.5, 0.6) is 0 Å². The maximum atomic E-state index is 12.5. The first-order valence-electron chi connectivity index (χ1n) is 7.76. The Balaban J connectivity index is 1.80. The van der Waals surface area contributed by atoms with Crippen molar-refractivity contribution in [2.45, 2.75) is 43.9 Å². The topological polar surface area (TPSA) is 52.7 Å². The summed E-state index contributed by atoms with van der Waals surface area (Å²) in [4.78, 5) is 2.19. The summed E-state index contributed by atoms with van der Waals surface area (Å²) >= 11 is 0. The number of nitrogens with one attached hydrogen (secondary N) is 1. The standard InChI is InChI=1S/C14H29N3O2S/c1-12(10-15-14-4-5-14)20(18,19)17-8-6-13(7-9-17)11-16(2)3/h12-15H,4-11H2,1-3H3. The quantitative estimate of drug-likeness (QED) is 0.753. The molecular weight excluding hydrogens is 274 g/mol. The van der Waals surface area contributed by atoms with Crippen molar-refractivity contribution in [3.8, 4) is 0 Å². The van der Waals surface area contributed by atoms with Crippen molar-refractivity contribution in [3.05, 3.63) is 0 Å². The molecule has 1 N–H and O–H groups in total. The van der Waals surface area contributed by atoms with Crippen LogP contribution in [0.15, 0.2) is 0 Å². The summed E-state index contributed by atoms with van der Waals surface area (Å²) < 4.78 is 26.8. The first-order valence-corrected chi connectivity index (χ1v) is 9.27. The first kappa shape index (κ1) is 16.2. The average molecular weight is 303 g/mol. The minimum atomic E-state index is -3.12. The molecule has 1 saturated carbocycles. The molecule has 0 bridgehead atoms. The van der Waals surface area contributed by atoms with Gasteiger partial charge in [-0.05, 0) is 52.6 Å². The van der Waals surface area contributed by atoms with E-state index in [-0.39, 0.29) is 5.25 Å². The fourth-order valence-corrected chi connectivity index (χ4v) is 4.38. The summed E-state index contributed by atoms with van der Waals surface area (Å²) in [6.45, 7) is 4.86. The molecule has 118 valence electrons. The van der Waals surface area contributed by atoms with Crippen LogP contribution in [0, 0.1) is 5.92 Å². The van der Waals surface area contributed by atoms with E-state index in [9.17, 15) is 8.42 Å². The third-order valence-corrected chi connectivity index (χ3v) is 6.61. The van der Waals surface area contributed by atoms with Crippen molar-refractivity contribution in [3.63, 3.8) is 0 Å². The van der Waals surface area contributed by atoms with Crippen molar-refractivity contribution >= 4 is 10.0 Å². The van der Waals surface area contributed by atoms with E-state index in [4.69, 9.17) is 0 Å². The zero-order valence-corrected chi connectivity index (χ0v) is 13.8. The highest BCUT2D eigenvalue weighted by atomic mass is 32.2. The Bertz CT molecular complexity index is 399. The van der Waals surface area contributed by atoms with Gasteiger partial charge in [-0.2, -0.15) is 0 Å². The van der Waals surface area contributed by atoms with Crippen LogP contribution in [-0.4, -0.2) is 69.2 Å². The fraction of sp³-hybridized carbons (Fsp3) is 1.00. The molecule has 0 aromatic rings. The summed E-state index contributed by atoms with van der Waals surface area (Å²) in [6.07, 6.45) is 4.37. The van der Waals surface area contributed by atoms with Crippen LogP contribution < -0.4 is 5.32 Å². The normalized spacial score (nSPS) is 24.2. The second-order valence-corrected chi connectivity index (χ2v) is 8.99. The van der Waals surface area contributed by atoms with E-state index in [0.29, 0.717) is 31.6 Å². The molecule has 1 aliphatic heterocycles. The van der Waals surface area contributed by atoms with Crippen molar-refractivity contribution < 1.29 is 8.42 Å². The smallest absolute Gasteiger partial charge is 0.217 e. The number of hydrogen-bond acceptors (Lipinski definition) is 4. The van der Waals surface area contributed by atoms with Gasteiger partial charge >= 0.3 is 0 Å². The maximum Gasteiger partial charge on any atom is 0.217 e. The van der Waals surface area contributed by atoms with E-state index < -0.39 is 10.0 Å². The van der Waals surface area contributed by atoms with Crippen LogP contribution in [0.25, 0.3) is 0 Å². The Hall–Kier alpha value is -0.170. The van der Waals surface area contributed by atoms with E-state index in [1.165, 1.54) is 12.8 Å². The highest BCUT2D eigenvalue weighted by molar-refractivity contribution is 7.89. The maximum absolute atomic E-state index is 12.5. The van der Waals surface area contributed by atoms with Crippen LogP contribution in [0.2, 0.25) is 0 Å². The molecule has 1 atom stereocenters. The van der Waals surface area contributed by atoms with Gasteiger partial charge in [0.2, 0.25) is 10.0 Å². The lowest BCUT2D eigenvalue weighted by Gasteiger charge is -2.34. The molecule has 1 unspecified atom stereocenters. The van der Waals surface area contributed by atoms with Crippen LogP contribution >= 0.6 is 0 Å². The van der Waals surface area contributed by atoms with E-state index in [2.05, 4.69) is 24.3 Å². The number of rotatable bonds is 7. The van der Waals surface area contributed by atoms with Crippen molar-refractivity contribution in [1.29, 1.82) is 0 Å². The van der Waals surface area contributed by atoms with Gasteiger partial charge in [-0.3, -0.25) is 0 Å². The number of piperidine rings is 1. The Morgan fingerprint density at radius 3 is 2.30 bits per heavy atom. The number of hydrogen-bond donors (Lipinski definition) is 1. The molecule has 5 nitrogen and oxygen atoms in total. The molecule has 0 aromatic carbocycles. The molecule has 0 amide bonds. The Kier molecular flexibility index (Phi) is 5.45. The number of nitrogens with zero attached hydrogens (tertiary/aromatic N) is 2. The predicted octanol–water partition coefficient (Wildman–Crippen LogP) is 0.730. The van der Waals surface area contributed by atoms with Gasteiger partial charge in [-0.25, -0.2) is 12.7 Å². The summed E-state index contributed by atoms with van der Waals surface area (Å²) in [6, 6.07) is 0.568. The lowest BCUT2D eigenvalue weighted by molar-refractivity contribution is 0.224. The highest BCUT2D eigenvalue weighted by Crippen LogP contribution is 2.23. The van der Waals surface area contributed by atoms with Gasteiger partial charge in [0.15, 0.2) is 0 Å². The minimum absolute atomic E-state index is 0.312. The molecule has 1 aliphatic carbocycles. The Morgan fingerprint density at radius 1 is 1.20 bits per heavy atom. The van der Waals surface area contributed by atoms with E-state index >= 15 is 0 Å². The summed E-state index contributed by atoms with van der Waals surface area (Å²) in [5.74, 6) is 0.636. The Morgan fingerprint density at radius 2 is 1.80 bits per heavy atom. The summed E-state index contributed by atoms with van der Waals surface area (Å²) in [5, 5.41) is 3.01. The van der Waals surface area contributed by atoms with Crippen LogP contribution in [0.1, 0.15) is 32.6 Å². The van der Waals surface area contributed by atoms with E-state index in [0.717, 1.165) is 19.4 Å². The third kappa shape index (κ3) is 4.41. The van der Waals surface area contributed by atoms with Gasteiger partial charge in [0.05, 0.1) is 5.25 Å². The van der Waals surface area contributed by atoms with Gasteiger partial charge in [-0.1, -0.05) is 0 Å². The average Bonchev–Trinajstić information content (AvgIpc) is 3.19. The largest absolute Gasteiger partial charge is 0.313 e. The molecule has 0 aromatic heterocycles. The molecule has 1 saturated heterocycles.